The summed E-state index contributed by atoms with van der Waals surface area (Å²) in [5.41, 5.74) is 0. The first-order chi connectivity index (χ1) is 2.39. The van der Waals surface area contributed by atoms with Crippen LogP contribution in [-0.4, -0.2) is 19.0 Å². The lowest BCUT2D eigenvalue weighted by atomic mass is 10.5. The maximum absolute atomic E-state index is 2.37. The molecule has 0 spiro atoms. The molecule has 1 aliphatic heterocycles. The smallest absolute Gasteiger partial charge is 0.0325 e. The van der Waals surface area contributed by atoms with Crippen molar-refractivity contribution in [3.05, 3.63) is 0 Å². The van der Waals surface area contributed by atoms with Gasteiger partial charge in [0.05, 0.1) is 0 Å². The summed E-state index contributed by atoms with van der Waals surface area (Å²) < 4.78 is 0. The molecule has 0 radical (unpaired) electrons. The van der Waals surface area contributed by atoms with Gasteiger partial charge in [-0.1, -0.05) is 0 Å². The van der Waals surface area contributed by atoms with Crippen molar-refractivity contribution in [1.82, 2.24) is 0 Å². The highest BCUT2D eigenvalue weighted by Crippen LogP contribution is 2.41. The van der Waals surface area contributed by atoms with Crippen molar-refractivity contribution in [1.29, 1.82) is 0 Å². The summed E-state index contributed by atoms with van der Waals surface area (Å²) in [6.07, 6.45) is 4.62. The van der Waals surface area contributed by atoms with Gasteiger partial charge in [0.1, 0.15) is 0 Å². The van der Waals surface area contributed by atoms with E-state index in [9.17, 15) is 0 Å². The van der Waals surface area contributed by atoms with E-state index in [1.165, 1.54) is 6.42 Å². The number of rotatable bonds is 0. The first kappa shape index (κ1) is 3.61. The molecule has 0 nitrogen and oxygen atoms in total. The summed E-state index contributed by atoms with van der Waals surface area (Å²) in [6.45, 7) is 2.37. The molecule has 5 heavy (non-hydrogen) atoms. The summed E-state index contributed by atoms with van der Waals surface area (Å²) in [5, 5.41) is 0. The Hall–Kier alpha value is 0.430. The SMILES string of the molecule is CP1CCC1. The zero-order chi connectivity index (χ0) is 3.70. The Morgan fingerprint density at radius 1 is 1.40 bits per heavy atom. The second-order valence-corrected chi connectivity index (χ2v) is 4.26. The third-order valence-corrected chi connectivity index (χ3v) is 3.24. The minimum atomic E-state index is 0.582. The quantitative estimate of drug-likeness (QED) is 0.393. The van der Waals surface area contributed by atoms with E-state index in [4.69, 9.17) is 0 Å². The summed E-state index contributed by atoms with van der Waals surface area (Å²) in [4.78, 5) is 0. The molecule has 0 aliphatic carbocycles. The summed E-state index contributed by atoms with van der Waals surface area (Å²) in [7, 11) is 0.582. The lowest BCUT2D eigenvalue weighted by molar-refractivity contribution is 1.03. The van der Waals surface area contributed by atoms with Gasteiger partial charge in [-0.2, -0.15) is 0 Å². The van der Waals surface area contributed by atoms with E-state index >= 15 is 0 Å². The minimum Gasteiger partial charge on any atom is -0.110 e. The van der Waals surface area contributed by atoms with Gasteiger partial charge in [-0.15, -0.1) is 7.92 Å². The Bertz CT molecular complexity index is 30.6. The Labute approximate surface area is 34.3 Å². The van der Waals surface area contributed by atoms with E-state index in [1.807, 2.05) is 0 Å². The van der Waals surface area contributed by atoms with Crippen molar-refractivity contribution in [2.24, 2.45) is 0 Å². The summed E-state index contributed by atoms with van der Waals surface area (Å²) in [5.74, 6) is 0. The van der Waals surface area contributed by atoms with Crippen LogP contribution in [0, 0.1) is 0 Å². The first-order valence-electron chi connectivity index (χ1n) is 2.08. The van der Waals surface area contributed by atoms with E-state index < -0.39 is 0 Å². The van der Waals surface area contributed by atoms with Crippen molar-refractivity contribution in [2.45, 2.75) is 6.42 Å². The Morgan fingerprint density at radius 2 is 1.80 bits per heavy atom. The van der Waals surface area contributed by atoms with Gasteiger partial charge in [0.2, 0.25) is 0 Å². The highest BCUT2D eigenvalue weighted by Gasteiger charge is 2.08. The minimum absolute atomic E-state index is 0.582. The largest absolute Gasteiger partial charge is 0.110 e. The molecular weight excluding hydrogens is 79.0 g/mol. The molecule has 0 aromatic rings. The second kappa shape index (κ2) is 1.26. The molecule has 1 rings (SSSR count). The third-order valence-electron chi connectivity index (χ3n) is 1.08. The molecule has 0 aromatic heterocycles. The van der Waals surface area contributed by atoms with Gasteiger partial charge in [0.25, 0.3) is 0 Å². The van der Waals surface area contributed by atoms with Gasteiger partial charge in [0, 0.05) is 0 Å². The van der Waals surface area contributed by atoms with Gasteiger partial charge >= 0.3 is 0 Å². The van der Waals surface area contributed by atoms with Crippen LogP contribution in [0.3, 0.4) is 0 Å². The van der Waals surface area contributed by atoms with Crippen molar-refractivity contribution in [3.8, 4) is 0 Å². The second-order valence-electron chi connectivity index (χ2n) is 1.66. The Balaban J connectivity index is 2.08. The molecule has 0 aromatic carbocycles. The molecule has 0 saturated carbocycles. The van der Waals surface area contributed by atoms with Gasteiger partial charge in [-0.25, -0.2) is 0 Å². The van der Waals surface area contributed by atoms with Crippen molar-refractivity contribution in [2.75, 3.05) is 19.0 Å². The highest BCUT2D eigenvalue weighted by molar-refractivity contribution is 7.58. The van der Waals surface area contributed by atoms with Gasteiger partial charge in [0.15, 0.2) is 0 Å². The van der Waals surface area contributed by atoms with Crippen LogP contribution in [0.15, 0.2) is 0 Å². The number of hydrogen-bond acceptors (Lipinski definition) is 0. The van der Waals surface area contributed by atoms with Crippen LogP contribution >= 0.6 is 7.92 Å². The molecular formula is C4H9P. The molecule has 0 amide bonds. The van der Waals surface area contributed by atoms with E-state index in [-0.39, 0.29) is 0 Å². The van der Waals surface area contributed by atoms with Crippen molar-refractivity contribution in [3.63, 3.8) is 0 Å². The fourth-order valence-corrected chi connectivity index (χ4v) is 1.42. The van der Waals surface area contributed by atoms with Gasteiger partial charge < -0.3 is 0 Å². The lowest BCUT2D eigenvalue weighted by Crippen LogP contribution is -2.00. The van der Waals surface area contributed by atoms with Gasteiger partial charge in [-0.3, -0.25) is 0 Å². The zero-order valence-corrected chi connectivity index (χ0v) is 4.46. The molecule has 1 saturated heterocycles. The first-order valence-corrected chi connectivity index (χ1v) is 4.24. The van der Waals surface area contributed by atoms with Crippen LogP contribution in [0.25, 0.3) is 0 Å². The van der Waals surface area contributed by atoms with Crippen LogP contribution in [0.5, 0.6) is 0 Å². The third kappa shape index (κ3) is 0.633. The zero-order valence-electron chi connectivity index (χ0n) is 3.57. The van der Waals surface area contributed by atoms with E-state index in [0.717, 1.165) is 0 Å². The molecule has 1 aliphatic rings. The average molecular weight is 88.1 g/mol. The molecule has 0 atom stereocenters. The molecule has 0 N–H and O–H groups in total. The lowest BCUT2D eigenvalue weighted by Gasteiger charge is -2.19. The van der Waals surface area contributed by atoms with Crippen LogP contribution in [0.1, 0.15) is 6.42 Å². The fourth-order valence-electron chi connectivity index (χ4n) is 0.474. The summed E-state index contributed by atoms with van der Waals surface area (Å²) in [6, 6.07) is 0. The van der Waals surface area contributed by atoms with Crippen LogP contribution in [0.2, 0.25) is 0 Å². The number of hydrogen-bond donors (Lipinski definition) is 0. The topological polar surface area (TPSA) is 0 Å². The molecule has 0 unspecified atom stereocenters. The molecule has 1 heterocycles. The highest BCUT2D eigenvalue weighted by atomic mass is 31.1. The normalized spacial score (nSPS) is 25.8. The molecule has 0 bridgehead atoms. The van der Waals surface area contributed by atoms with Gasteiger partial charge in [-0.05, 0) is 25.4 Å². The fraction of sp³-hybridized carbons (Fsp3) is 1.00. The van der Waals surface area contributed by atoms with Crippen molar-refractivity contribution < 1.29 is 0 Å². The average Bonchev–Trinajstić information content (AvgIpc) is 1.30. The monoisotopic (exact) mass is 88.0 g/mol. The maximum atomic E-state index is 2.37. The molecule has 30 valence electrons. The Morgan fingerprint density at radius 3 is 1.80 bits per heavy atom. The van der Waals surface area contributed by atoms with E-state index in [0.29, 0.717) is 7.92 Å². The maximum Gasteiger partial charge on any atom is -0.0325 e. The standard InChI is InChI=1S/C4H9P/c1-5-3-2-4-5/h2-4H2,1H3. The summed E-state index contributed by atoms with van der Waals surface area (Å²) >= 11 is 0. The predicted molar refractivity (Wildman–Crippen MR) is 27.2 cm³/mol. The van der Waals surface area contributed by atoms with E-state index in [1.54, 1.807) is 12.3 Å². The van der Waals surface area contributed by atoms with Crippen molar-refractivity contribution >= 4 is 7.92 Å². The molecule has 1 heteroatoms. The molecule has 1 fully saturated rings. The predicted octanol–water partition coefficient (Wildman–Crippen LogP) is 1.50. The van der Waals surface area contributed by atoms with E-state index in [2.05, 4.69) is 6.66 Å². The van der Waals surface area contributed by atoms with Crippen LogP contribution < -0.4 is 0 Å². The van der Waals surface area contributed by atoms with Crippen LogP contribution in [-0.2, 0) is 0 Å². The van der Waals surface area contributed by atoms with Crippen LogP contribution in [0.4, 0.5) is 0 Å². The Kier molecular flexibility index (Phi) is 0.911.